The maximum absolute atomic E-state index is 12.6. The Balaban J connectivity index is 1.29. The summed E-state index contributed by atoms with van der Waals surface area (Å²) in [5.74, 6) is 0.323. The number of rotatable bonds is 6. The molecule has 170 valence electrons. The Kier molecular flexibility index (Phi) is 6.66. The van der Waals surface area contributed by atoms with Gasteiger partial charge in [0, 0.05) is 29.7 Å². The highest BCUT2D eigenvalue weighted by atomic mass is 35.5. The van der Waals surface area contributed by atoms with Gasteiger partial charge >= 0.3 is 0 Å². The van der Waals surface area contributed by atoms with E-state index in [2.05, 4.69) is 15.6 Å². The Morgan fingerprint density at radius 1 is 1.27 bits per heavy atom. The second kappa shape index (κ2) is 9.79. The molecule has 4 rings (SSSR count). The number of hydrogen-bond donors (Lipinski definition) is 2. The molecule has 1 saturated heterocycles. The van der Waals surface area contributed by atoms with Gasteiger partial charge in [0.05, 0.1) is 12.8 Å². The van der Waals surface area contributed by atoms with Crippen LogP contribution in [0.3, 0.4) is 0 Å². The smallest absolute Gasteiger partial charge is 0.266 e. The number of carbonyl (C=O) groups is 2. The number of hydrogen-bond acceptors (Lipinski definition) is 7. The number of nitrogens with zero attached hydrogens (tertiary/aromatic N) is 3. The van der Waals surface area contributed by atoms with Crippen LogP contribution in [0.4, 0.5) is 11.6 Å². The zero-order valence-corrected chi connectivity index (χ0v) is 18.7. The molecule has 3 aromatic rings. The Hall–Kier alpha value is -3.77. The molecule has 2 N–H and O–H groups in total. The predicted octanol–water partition coefficient (Wildman–Crippen LogP) is 3.74. The van der Waals surface area contributed by atoms with Gasteiger partial charge in [-0.2, -0.15) is 10.2 Å². The fourth-order valence-corrected chi connectivity index (χ4v) is 3.87. The first-order valence-corrected chi connectivity index (χ1v) is 10.9. The van der Waals surface area contributed by atoms with Gasteiger partial charge in [0.25, 0.3) is 5.89 Å². The summed E-state index contributed by atoms with van der Waals surface area (Å²) in [6, 6.07) is 10.7. The summed E-state index contributed by atoms with van der Waals surface area (Å²) in [4.78, 5) is 30.9. The van der Waals surface area contributed by atoms with Gasteiger partial charge in [-0.3, -0.25) is 9.59 Å². The average Bonchev–Trinajstić information content (AvgIpc) is 3.50. The molecule has 1 aliphatic rings. The summed E-state index contributed by atoms with van der Waals surface area (Å²) < 4.78 is 11.1. The van der Waals surface area contributed by atoms with Gasteiger partial charge in [0.2, 0.25) is 23.4 Å². The van der Waals surface area contributed by atoms with Gasteiger partial charge in [-0.25, -0.2) is 0 Å². The summed E-state index contributed by atoms with van der Waals surface area (Å²) in [6.45, 7) is 2.73. The van der Waals surface area contributed by atoms with Gasteiger partial charge in [-0.1, -0.05) is 17.7 Å². The molecule has 3 heterocycles. The lowest BCUT2D eigenvalue weighted by atomic mass is 9.96. The van der Waals surface area contributed by atoms with Crippen LogP contribution < -0.4 is 15.5 Å². The highest BCUT2D eigenvalue weighted by molar-refractivity contribution is 6.31. The molecule has 1 aliphatic heterocycles. The number of amides is 2. The normalized spacial score (nSPS) is 14.0. The number of furan rings is 1. The fraction of sp³-hybridized carbons (Fsp3) is 0.304. The van der Waals surface area contributed by atoms with Gasteiger partial charge in [-0.15, -0.1) is 0 Å². The molecule has 2 amide bonds. The van der Waals surface area contributed by atoms with Gasteiger partial charge in [0.1, 0.15) is 6.07 Å². The van der Waals surface area contributed by atoms with E-state index in [1.165, 1.54) is 6.26 Å². The van der Waals surface area contributed by atoms with Crippen LogP contribution in [0.1, 0.15) is 24.1 Å². The number of benzene rings is 1. The van der Waals surface area contributed by atoms with Crippen molar-refractivity contribution >= 4 is 35.0 Å². The van der Waals surface area contributed by atoms with Gasteiger partial charge in [-0.05, 0) is 49.6 Å². The monoisotopic (exact) mass is 467 g/mol. The van der Waals surface area contributed by atoms with E-state index in [9.17, 15) is 14.9 Å². The van der Waals surface area contributed by atoms with Crippen LogP contribution in [0, 0.1) is 24.2 Å². The topological polar surface area (TPSA) is 124 Å². The SMILES string of the molecule is Cc1c(Cl)cccc1NC(=O)CNC(=O)C1CCN(c2oc(-c3ccco3)nc2C#N)CC1. The van der Waals surface area contributed by atoms with E-state index >= 15 is 0 Å². The lowest BCUT2D eigenvalue weighted by Gasteiger charge is -2.30. The predicted molar refractivity (Wildman–Crippen MR) is 122 cm³/mol. The van der Waals surface area contributed by atoms with E-state index in [-0.39, 0.29) is 35.9 Å². The van der Waals surface area contributed by atoms with Crippen LogP contribution in [0.2, 0.25) is 5.02 Å². The van der Waals surface area contributed by atoms with Crippen LogP contribution in [-0.4, -0.2) is 36.4 Å². The Labute approximate surface area is 195 Å². The quantitative estimate of drug-likeness (QED) is 0.565. The van der Waals surface area contributed by atoms with E-state index in [4.69, 9.17) is 20.4 Å². The van der Waals surface area contributed by atoms with Crippen molar-refractivity contribution in [1.82, 2.24) is 10.3 Å². The summed E-state index contributed by atoms with van der Waals surface area (Å²) in [5.41, 5.74) is 1.56. The Bertz CT molecular complexity index is 1190. The lowest BCUT2D eigenvalue weighted by Crippen LogP contribution is -2.42. The summed E-state index contributed by atoms with van der Waals surface area (Å²) in [6.07, 6.45) is 2.62. The van der Waals surface area contributed by atoms with E-state index < -0.39 is 0 Å². The van der Waals surface area contributed by atoms with Crippen LogP contribution >= 0.6 is 11.6 Å². The van der Waals surface area contributed by atoms with Crippen LogP contribution in [-0.2, 0) is 9.59 Å². The minimum absolute atomic E-state index is 0.127. The number of piperidine rings is 1. The third kappa shape index (κ3) is 5.02. The number of halogens is 1. The highest BCUT2D eigenvalue weighted by Gasteiger charge is 2.29. The molecule has 10 heteroatoms. The molecule has 0 saturated carbocycles. The average molecular weight is 468 g/mol. The van der Waals surface area contributed by atoms with Crippen molar-refractivity contribution in [2.24, 2.45) is 5.92 Å². The number of nitrogens with one attached hydrogen (secondary N) is 2. The first-order valence-electron chi connectivity index (χ1n) is 10.5. The van der Waals surface area contributed by atoms with Crippen molar-refractivity contribution < 1.29 is 18.4 Å². The number of nitriles is 1. The summed E-state index contributed by atoms with van der Waals surface area (Å²) in [5, 5.41) is 15.4. The second-order valence-electron chi connectivity index (χ2n) is 7.70. The maximum atomic E-state index is 12.6. The zero-order chi connectivity index (χ0) is 23.4. The first-order chi connectivity index (χ1) is 16.0. The number of oxazole rings is 1. The molecule has 0 spiro atoms. The highest BCUT2D eigenvalue weighted by Crippen LogP contribution is 2.31. The molecule has 1 fully saturated rings. The third-order valence-electron chi connectivity index (χ3n) is 5.57. The van der Waals surface area contributed by atoms with E-state index in [1.807, 2.05) is 17.9 Å². The minimum atomic E-state index is -0.322. The Morgan fingerprint density at radius 2 is 2.06 bits per heavy atom. The Morgan fingerprint density at radius 3 is 2.76 bits per heavy atom. The van der Waals surface area contributed by atoms with Crippen molar-refractivity contribution in [3.8, 4) is 17.7 Å². The minimum Gasteiger partial charge on any atom is -0.459 e. The second-order valence-corrected chi connectivity index (χ2v) is 8.11. The largest absolute Gasteiger partial charge is 0.459 e. The number of carbonyl (C=O) groups excluding carboxylic acids is 2. The van der Waals surface area contributed by atoms with Crippen LogP contribution in [0.15, 0.2) is 45.4 Å². The molecular weight excluding hydrogens is 446 g/mol. The number of anilines is 2. The summed E-state index contributed by atoms with van der Waals surface area (Å²) in [7, 11) is 0. The summed E-state index contributed by atoms with van der Waals surface area (Å²) >= 11 is 6.07. The standard InChI is InChI=1S/C23H22ClN5O4/c1-14-16(24)4-2-5-17(14)27-20(30)13-26-21(31)15-7-9-29(10-8-15)23-18(12-25)28-22(33-23)19-6-3-11-32-19/h2-6,11,15H,7-10,13H2,1H3,(H,26,31)(H,27,30). The van der Waals surface area contributed by atoms with Crippen LogP contribution in [0.25, 0.3) is 11.7 Å². The first kappa shape index (κ1) is 22.4. The molecule has 0 radical (unpaired) electrons. The van der Waals surface area contributed by atoms with Crippen molar-refractivity contribution in [3.63, 3.8) is 0 Å². The van der Waals surface area contributed by atoms with Gasteiger partial charge < -0.3 is 24.4 Å². The van der Waals surface area contributed by atoms with Crippen molar-refractivity contribution in [3.05, 3.63) is 52.9 Å². The molecule has 9 nitrogen and oxygen atoms in total. The maximum Gasteiger partial charge on any atom is 0.266 e. The van der Waals surface area contributed by atoms with Crippen molar-refractivity contribution in [2.75, 3.05) is 29.9 Å². The molecular formula is C23H22ClN5O4. The van der Waals surface area contributed by atoms with Crippen molar-refractivity contribution in [1.29, 1.82) is 5.26 Å². The fourth-order valence-electron chi connectivity index (χ4n) is 3.70. The number of aromatic nitrogens is 1. The molecule has 33 heavy (non-hydrogen) atoms. The van der Waals surface area contributed by atoms with E-state index in [1.54, 1.807) is 30.3 Å². The molecule has 0 unspecified atom stereocenters. The molecule has 0 atom stereocenters. The lowest BCUT2D eigenvalue weighted by molar-refractivity contribution is -0.127. The van der Waals surface area contributed by atoms with Crippen LogP contribution in [0.5, 0.6) is 0 Å². The molecule has 0 aliphatic carbocycles. The third-order valence-corrected chi connectivity index (χ3v) is 5.97. The van der Waals surface area contributed by atoms with E-state index in [0.717, 1.165) is 5.56 Å². The van der Waals surface area contributed by atoms with Gasteiger partial charge in [0.15, 0.2) is 5.76 Å². The van der Waals surface area contributed by atoms with Crippen molar-refractivity contribution in [2.45, 2.75) is 19.8 Å². The zero-order valence-electron chi connectivity index (χ0n) is 17.9. The molecule has 0 bridgehead atoms. The molecule has 2 aromatic heterocycles. The van der Waals surface area contributed by atoms with E-state index in [0.29, 0.717) is 48.3 Å². The molecule has 1 aromatic carbocycles.